The van der Waals surface area contributed by atoms with Crippen molar-refractivity contribution in [3.63, 3.8) is 0 Å². The van der Waals surface area contributed by atoms with E-state index in [9.17, 15) is 14.7 Å². The number of rotatable bonds is 6. The minimum absolute atomic E-state index is 0.0194. The summed E-state index contributed by atoms with van der Waals surface area (Å²) in [5, 5.41) is 10.1. The van der Waals surface area contributed by atoms with Crippen LogP contribution >= 0.6 is 11.3 Å². The number of carbonyl (C=O) groups is 2. The number of thiophene rings is 1. The van der Waals surface area contributed by atoms with Gasteiger partial charge in [0.25, 0.3) is 0 Å². The first-order valence-corrected chi connectivity index (χ1v) is 14.3. The number of hydrogen-bond donors (Lipinski definition) is 1. The Kier molecular flexibility index (Phi) is 8.62. The molecule has 1 fully saturated rings. The van der Waals surface area contributed by atoms with E-state index in [2.05, 4.69) is 36.7 Å². The molecule has 0 saturated heterocycles. The van der Waals surface area contributed by atoms with Crippen molar-refractivity contribution in [2.45, 2.75) is 85.3 Å². The second-order valence-corrected chi connectivity index (χ2v) is 12.7. The summed E-state index contributed by atoms with van der Waals surface area (Å²) in [5.74, 6) is 5.99. The largest absolute Gasteiger partial charge is 0.477 e. The lowest BCUT2D eigenvalue weighted by Crippen LogP contribution is -2.48. The molecule has 1 amide bonds. The minimum Gasteiger partial charge on any atom is -0.477 e. The summed E-state index contributed by atoms with van der Waals surface area (Å²) in [7, 11) is 0. The summed E-state index contributed by atoms with van der Waals surface area (Å²) in [4.78, 5) is 33.5. The number of anilines is 1. The fraction of sp³-hybridized carbons (Fsp3) is 0.516. The molecule has 4 rings (SSSR count). The lowest BCUT2D eigenvalue weighted by atomic mass is 9.79. The normalized spacial score (nSPS) is 23.6. The number of allylic oxidation sites excluding steroid dienone is 2. The van der Waals surface area contributed by atoms with Gasteiger partial charge in [-0.25, -0.2) is 9.78 Å². The molecule has 202 valence electrons. The average Bonchev–Trinajstić information content (AvgIpc) is 3.28. The molecule has 2 aliphatic carbocycles. The molecule has 7 heteroatoms. The third-order valence-corrected chi connectivity index (χ3v) is 8.29. The fourth-order valence-corrected chi connectivity index (χ4v) is 6.19. The van der Waals surface area contributed by atoms with Crippen LogP contribution in [0.25, 0.3) is 0 Å². The number of aromatic carboxylic acids is 1. The zero-order valence-electron chi connectivity index (χ0n) is 23.0. The number of pyridine rings is 1. The van der Waals surface area contributed by atoms with Gasteiger partial charge in [-0.15, -0.1) is 11.3 Å². The first-order chi connectivity index (χ1) is 18.0. The third-order valence-electron chi connectivity index (χ3n) is 7.27. The molecular formula is C31H38N2O4S. The van der Waals surface area contributed by atoms with Crippen molar-refractivity contribution in [2.75, 3.05) is 4.90 Å². The van der Waals surface area contributed by atoms with Crippen LogP contribution in [0.1, 0.15) is 87.7 Å². The van der Waals surface area contributed by atoms with E-state index in [-0.39, 0.29) is 40.2 Å². The predicted octanol–water partition coefficient (Wildman–Crippen LogP) is 6.95. The van der Waals surface area contributed by atoms with E-state index in [0.29, 0.717) is 22.9 Å². The summed E-state index contributed by atoms with van der Waals surface area (Å²) >= 11 is 1.16. The van der Waals surface area contributed by atoms with Gasteiger partial charge in [0, 0.05) is 29.6 Å². The smallest absolute Gasteiger partial charge is 0.348 e. The maximum atomic E-state index is 14.2. The number of nitrogens with zero attached hydrogens (tertiary/aromatic N) is 2. The lowest BCUT2D eigenvalue weighted by molar-refractivity contribution is -0.124. The van der Waals surface area contributed by atoms with Gasteiger partial charge in [0.05, 0.1) is 10.6 Å². The molecule has 0 aliphatic heterocycles. The van der Waals surface area contributed by atoms with Gasteiger partial charge in [0.2, 0.25) is 11.8 Å². The van der Waals surface area contributed by atoms with Crippen LogP contribution in [-0.2, 0) is 4.79 Å². The zero-order chi connectivity index (χ0) is 27.4. The number of aromatic nitrogens is 1. The molecule has 38 heavy (non-hydrogen) atoms. The number of hydrogen-bond acceptors (Lipinski definition) is 5. The maximum Gasteiger partial charge on any atom is 0.348 e. The Morgan fingerprint density at radius 3 is 2.53 bits per heavy atom. The molecule has 2 aliphatic rings. The first-order valence-electron chi connectivity index (χ1n) is 13.5. The van der Waals surface area contributed by atoms with E-state index < -0.39 is 5.97 Å². The maximum absolute atomic E-state index is 14.2. The monoisotopic (exact) mass is 534 g/mol. The number of carboxylic acids is 1. The quantitative estimate of drug-likeness (QED) is 0.320. The van der Waals surface area contributed by atoms with E-state index in [1.54, 1.807) is 6.20 Å². The van der Waals surface area contributed by atoms with Crippen LogP contribution in [0, 0.1) is 29.1 Å². The van der Waals surface area contributed by atoms with Crippen LogP contribution in [0.5, 0.6) is 5.88 Å². The molecule has 0 radical (unpaired) electrons. The molecule has 1 N–H and O–H groups in total. The molecule has 6 nitrogen and oxygen atoms in total. The zero-order valence-corrected chi connectivity index (χ0v) is 23.8. The third kappa shape index (κ3) is 6.85. The molecule has 0 aromatic carbocycles. The van der Waals surface area contributed by atoms with Crippen molar-refractivity contribution in [1.82, 2.24) is 4.98 Å². The van der Waals surface area contributed by atoms with Crippen LogP contribution < -0.4 is 9.64 Å². The summed E-state index contributed by atoms with van der Waals surface area (Å²) in [5.41, 5.74) is 1.58. The Hall–Kier alpha value is -3.11. The summed E-state index contributed by atoms with van der Waals surface area (Å²) in [6.07, 6.45) is 8.47. The summed E-state index contributed by atoms with van der Waals surface area (Å²) < 4.78 is 6.09. The van der Waals surface area contributed by atoms with Crippen molar-refractivity contribution in [1.29, 1.82) is 0 Å². The Bertz CT molecular complexity index is 1240. The van der Waals surface area contributed by atoms with Crippen molar-refractivity contribution in [3.05, 3.63) is 51.9 Å². The average molecular weight is 535 g/mol. The second kappa shape index (κ2) is 11.7. The highest BCUT2D eigenvalue weighted by atomic mass is 32.1. The second-order valence-electron chi connectivity index (χ2n) is 11.6. The van der Waals surface area contributed by atoms with Gasteiger partial charge in [-0.3, -0.25) is 4.79 Å². The van der Waals surface area contributed by atoms with Crippen LogP contribution in [0.2, 0.25) is 0 Å². The Labute approximate surface area is 230 Å². The van der Waals surface area contributed by atoms with Gasteiger partial charge < -0.3 is 14.7 Å². The highest BCUT2D eigenvalue weighted by Crippen LogP contribution is 2.39. The fourth-order valence-electron chi connectivity index (χ4n) is 5.35. The standard InChI is InChI=1S/C31H38N2O4S/c1-20-9-14-25(21(2)18-20)29(34)33(22-10-12-23(13-11-22)37-27-8-6-7-17-32-27)26-19-24(15-16-31(3,4)5)38-28(26)30(35)36/h6-9,17,19,21-23,25H,10-14,18H2,1-5H3,(H,35,36)/t21-,22-,23-,25?/m0/s1. The first kappa shape index (κ1) is 27.9. The number of carboxylic acid groups (broad SMARTS) is 1. The molecule has 2 atom stereocenters. The van der Waals surface area contributed by atoms with E-state index in [1.165, 1.54) is 5.57 Å². The van der Waals surface area contributed by atoms with Gasteiger partial charge in [-0.05, 0) is 84.3 Å². The van der Waals surface area contributed by atoms with Gasteiger partial charge in [-0.1, -0.05) is 36.5 Å². The molecule has 0 bridgehead atoms. The molecule has 1 saturated carbocycles. The van der Waals surface area contributed by atoms with E-state index in [0.717, 1.165) is 43.4 Å². The van der Waals surface area contributed by atoms with Crippen LogP contribution in [0.3, 0.4) is 0 Å². The van der Waals surface area contributed by atoms with Gasteiger partial charge in [-0.2, -0.15) is 0 Å². The minimum atomic E-state index is -1.02. The van der Waals surface area contributed by atoms with Crippen molar-refractivity contribution >= 4 is 28.9 Å². The molecule has 2 heterocycles. The highest BCUT2D eigenvalue weighted by Gasteiger charge is 2.39. The summed E-state index contributed by atoms with van der Waals surface area (Å²) in [6.45, 7) is 10.3. The van der Waals surface area contributed by atoms with Gasteiger partial charge in [0.1, 0.15) is 11.0 Å². The van der Waals surface area contributed by atoms with Crippen molar-refractivity contribution in [2.24, 2.45) is 17.3 Å². The number of carbonyl (C=O) groups excluding carboxylic acids is 1. The van der Waals surface area contributed by atoms with Gasteiger partial charge >= 0.3 is 5.97 Å². The molecule has 1 unspecified atom stereocenters. The van der Waals surface area contributed by atoms with Crippen molar-refractivity contribution in [3.8, 4) is 17.7 Å². The molecule has 2 aromatic heterocycles. The van der Waals surface area contributed by atoms with E-state index in [1.807, 2.05) is 49.9 Å². The number of ether oxygens (including phenoxy) is 1. The van der Waals surface area contributed by atoms with Crippen LogP contribution in [0.4, 0.5) is 5.69 Å². The predicted molar refractivity (Wildman–Crippen MR) is 152 cm³/mol. The number of amides is 1. The molecular weight excluding hydrogens is 496 g/mol. The highest BCUT2D eigenvalue weighted by molar-refractivity contribution is 7.15. The van der Waals surface area contributed by atoms with Crippen molar-refractivity contribution < 1.29 is 19.4 Å². The van der Waals surface area contributed by atoms with E-state index >= 15 is 0 Å². The Morgan fingerprint density at radius 2 is 1.92 bits per heavy atom. The van der Waals surface area contributed by atoms with E-state index in [4.69, 9.17) is 4.74 Å². The SMILES string of the molecule is CC1=CCC(C(=O)N(c2cc(C#CC(C)(C)C)sc2C(=O)O)[C@H]2CC[C@H](Oc3ccccn3)CC2)[C@@H](C)C1. The molecule has 0 spiro atoms. The Balaban J connectivity index is 1.65. The van der Waals surface area contributed by atoms with Crippen LogP contribution in [0.15, 0.2) is 42.1 Å². The molecule has 2 aromatic rings. The lowest BCUT2D eigenvalue weighted by Gasteiger charge is -2.40. The van der Waals surface area contributed by atoms with Crippen LogP contribution in [-0.4, -0.2) is 34.1 Å². The topological polar surface area (TPSA) is 79.7 Å². The Morgan fingerprint density at radius 1 is 1.18 bits per heavy atom. The van der Waals surface area contributed by atoms with Gasteiger partial charge in [0.15, 0.2) is 0 Å². The summed E-state index contributed by atoms with van der Waals surface area (Å²) in [6, 6.07) is 7.33.